The summed E-state index contributed by atoms with van der Waals surface area (Å²) in [5.41, 5.74) is 2.25. The van der Waals surface area contributed by atoms with Crippen molar-refractivity contribution in [3.8, 4) is 0 Å². The van der Waals surface area contributed by atoms with Crippen LogP contribution in [0.3, 0.4) is 0 Å². The Bertz CT molecular complexity index is 752. The van der Waals surface area contributed by atoms with Crippen LogP contribution in [0.15, 0.2) is 23.1 Å². The van der Waals surface area contributed by atoms with Gasteiger partial charge < -0.3 is 10.2 Å². The minimum absolute atomic E-state index is 0.0269. The van der Waals surface area contributed by atoms with Gasteiger partial charge in [-0.15, -0.1) is 0 Å². The van der Waals surface area contributed by atoms with Gasteiger partial charge in [0.05, 0.1) is 4.90 Å². The Morgan fingerprint density at radius 3 is 2.14 bits per heavy atom. The Kier molecular flexibility index (Phi) is 7.80. The van der Waals surface area contributed by atoms with Crippen LogP contribution in [0.25, 0.3) is 0 Å². The molecule has 2 N–H and O–H groups in total. The van der Waals surface area contributed by atoms with E-state index in [-0.39, 0.29) is 16.9 Å². The van der Waals surface area contributed by atoms with E-state index in [9.17, 15) is 8.42 Å². The van der Waals surface area contributed by atoms with Crippen LogP contribution in [0.2, 0.25) is 0 Å². The van der Waals surface area contributed by atoms with Gasteiger partial charge in [0.2, 0.25) is 10.0 Å². The lowest BCUT2D eigenvalue weighted by molar-refractivity contribution is 0.357. The number of nitrogens with zero attached hydrogens (tertiary/aromatic N) is 1. The summed E-state index contributed by atoms with van der Waals surface area (Å²) >= 11 is 0. The quantitative estimate of drug-likeness (QED) is 0.654. The van der Waals surface area contributed by atoms with Crippen molar-refractivity contribution in [2.45, 2.75) is 78.7 Å². The molecule has 1 saturated heterocycles. The summed E-state index contributed by atoms with van der Waals surface area (Å²) in [6, 6.07) is 5.85. The summed E-state index contributed by atoms with van der Waals surface area (Å²) in [5.74, 6) is 0. The third-order valence-electron chi connectivity index (χ3n) is 5.47. The lowest BCUT2D eigenvalue weighted by Gasteiger charge is -2.31. The topological polar surface area (TPSA) is 61.4 Å². The van der Waals surface area contributed by atoms with E-state index >= 15 is 0 Å². The fraction of sp³-hybridized carbons (Fsp3) is 0.739. The fourth-order valence-electron chi connectivity index (χ4n) is 3.42. The summed E-state index contributed by atoms with van der Waals surface area (Å²) in [7, 11) is -3.53. The summed E-state index contributed by atoms with van der Waals surface area (Å²) in [4.78, 5) is 2.75. The van der Waals surface area contributed by atoms with Gasteiger partial charge in [-0.05, 0) is 61.3 Å². The fourth-order valence-corrected chi connectivity index (χ4v) is 4.96. The summed E-state index contributed by atoms with van der Waals surface area (Å²) in [5, 5.41) is 3.22. The number of benzene rings is 1. The van der Waals surface area contributed by atoms with E-state index in [1.54, 1.807) is 0 Å². The van der Waals surface area contributed by atoms with Crippen molar-refractivity contribution in [2.24, 2.45) is 10.8 Å². The van der Waals surface area contributed by atoms with Crippen molar-refractivity contribution in [1.82, 2.24) is 10.0 Å². The van der Waals surface area contributed by atoms with E-state index in [1.807, 2.05) is 19.1 Å². The Morgan fingerprint density at radius 2 is 1.66 bits per heavy atom. The number of hydrogen-bond acceptors (Lipinski definition) is 4. The molecule has 2 rings (SSSR count). The van der Waals surface area contributed by atoms with Crippen LogP contribution in [0.4, 0.5) is 5.69 Å². The Balaban J connectivity index is 2.28. The Labute approximate surface area is 178 Å². The smallest absolute Gasteiger partial charge is 0.241 e. The number of nitrogens with one attached hydrogen (secondary N) is 2. The molecule has 0 aliphatic carbocycles. The molecular formula is C23H41N3O2S. The zero-order chi connectivity index (χ0) is 21.9. The lowest BCUT2D eigenvalue weighted by atomic mass is 9.90. The van der Waals surface area contributed by atoms with Crippen LogP contribution in [-0.4, -0.2) is 40.6 Å². The molecule has 1 heterocycles. The first-order valence-electron chi connectivity index (χ1n) is 10.9. The predicted molar refractivity (Wildman–Crippen MR) is 123 cm³/mol. The second-order valence-electron chi connectivity index (χ2n) is 10.9. The lowest BCUT2D eigenvalue weighted by Crippen LogP contribution is -2.36. The second-order valence-corrected chi connectivity index (χ2v) is 12.6. The first kappa shape index (κ1) is 24.2. The zero-order valence-electron chi connectivity index (χ0n) is 19.4. The summed E-state index contributed by atoms with van der Waals surface area (Å²) in [6.45, 7) is 18.8. The van der Waals surface area contributed by atoms with Crippen molar-refractivity contribution in [1.29, 1.82) is 0 Å². The molecule has 0 radical (unpaired) electrons. The van der Waals surface area contributed by atoms with E-state index in [4.69, 9.17) is 0 Å². The van der Waals surface area contributed by atoms with Gasteiger partial charge in [0.15, 0.2) is 0 Å². The monoisotopic (exact) mass is 423 g/mol. The molecule has 29 heavy (non-hydrogen) atoms. The van der Waals surface area contributed by atoms with Gasteiger partial charge in [-0.25, -0.2) is 13.1 Å². The van der Waals surface area contributed by atoms with Gasteiger partial charge in [0.25, 0.3) is 0 Å². The number of rotatable bonds is 8. The molecule has 1 atom stereocenters. The maximum absolute atomic E-state index is 13.1. The van der Waals surface area contributed by atoms with Crippen LogP contribution >= 0.6 is 0 Å². The molecule has 5 nitrogen and oxygen atoms in total. The second kappa shape index (κ2) is 9.36. The Morgan fingerprint density at radius 1 is 1.07 bits per heavy atom. The first-order valence-corrected chi connectivity index (χ1v) is 12.3. The van der Waals surface area contributed by atoms with E-state index in [0.717, 1.165) is 50.1 Å². The molecule has 0 amide bonds. The molecule has 1 aliphatic heterocycles. The molecule has 0 unspecified atom stereocenters. The molecule has 0 aromatic heterocycles. The highest BCUT2D eigenvalue weighted by Crippen LogP contribution is 2.28. The molecule has 6 heteroatoms. The summed E-state index contributed by atoms with van der Waals surface area (Å²) < 4.78 is 29.0. The van der Waals surface area contributed by atoms with Crippen LogP contribution in [0, 0.1) is 17.8 Å². The van der Waals surface area contributed by atoms with E-state index < -0.39 is 10.0 Å². The number of anilines is 1. The largest absolute Gasteiger partial charge is 0.371 e. The molecular weight excluding hydrogens is 382 g/mol. The molecule has 0 bridgehead atoms. The SMILES string of the molecule is Cc1ccc(N(CCC(C)(C)C)CCC(C)(C)C)cc1S(=O)(=O)N[C@@H]1CCNC1. The zero-order valence-corrected chi connectivity index (χ0v) is 20.2. The van der Waals surface area contributed by atoms with Crippen molar-refractivity contribution in [3.63, 3.8) is 0 Å². The minimum atomic E-state index is -3.53. The third kappa shape index (κ3) is 7.91. The highest BCUT2D eigenvalue weighted by Gasteiger charge is 2.25. The van der Waals surface area contributed by atoms with Gasteiger partial charge in [0.1, 0.15) is 0 Å². The van der Waals surface area contributed by atoms with Crippen molar-refractivity contribution in [3.05, 3.63) is 23.8 Å². The third-order valence-corrected chi connectivity index (χ3v) is 7.13. The van der Waals surface area contributed by atoms with Crippen molar-refractivity contribution >= 4 is 15.7 Å². The van der Waals surface area contributed by atoms with Gasteiger partial charge >= 0.3 is 0 Å². The molecule has 1 fully saturated rings. The first-order chi connectivity index (χ1) is 13.3. The number of sulfonamides is 1. The number of aryl methyl sites for hydroxylation is 1. The molecule has 166 valence electrons. The normalized spacial score (nSPS) is 18.2. The van der Waals surface area contributed by atoms with E-state index in [0.29, 0.717) is 11.4 Å². The van der Waals surface area contributed by atoms with Gasteiger partial charge in [-0.1, -0.05) is 47.6 Å². The van der Waals surface area contributed by atoms with Gasteiger partial charge in [-0.3, -0.25) is 0 Å². The standard InChI is InChI=1S/C23H41N3O2S/c1-18-8-9-20(16-21(18)29(27,28)25-19-10-13-24-17-19)26(14-11-22(2,3)4)15-12-23(5,6)7/h8-9,16,19,24-25H,10-15,17H2,1-7H3/t19-/m1/s1. The molecule has 1 aromatic rings. The van der Waals surface area contributed by atoms with Gasteiger partial charge in [-0.2, -0.15) is 0 Å². The van der Waals surface area contributed by atoms with E-state index in [1.165, 1.54) is 0 Å². The van der Waals surface area contributed by atoms with Crippen molar-refractivity contribution in [2.75, 3.05) is 31.1 Å². The molecule has 1 aromatic carbocycles. The average Bonchev–Trinajstić information content (AvgIpc) is 3.06. The van der Waals surface area contributed by atoms with Crippen LogP contribution in [0.5, 0.6) is 0 Å². The molecule has 0 spiro atoms. The summed E-state index contributed by atoms with van der Waals surface area (Å²) in [6.07, 6.45) is 2.94. The van der Waals surface area contributed by atoms with Gasteiger partial charge in [0, 0.05) is 31.4 Å². The Hall–Kier alpha value is -1.11. The van der Waals surface area contributed by atoms with Crippen LogP contribution in [0.1, 0.15) is 66.4 Å². The molecule has 1 aliphatic rings. The predicted octanol–water partition coefficient (Wildman–Crippen LogP) is 4.31. The maximum atomic E-state index is 13.1. The van der Waals surface area contributed by atoms with Crippen molar-refractivity contribution < 1.29 is 8.42 Å². The maximum Gasteiger partial charge on any atom is 0.241 e. The molecule has 0 saturated carbocycles. The van der Waals surface area contributed by atoms with E-state index in [2.05, 4.69) is 62.5 Å². The number of hydrogen-bond donors (Lipinski definition) is 2. The van der Waals surface area contributed by atoms with Crippen LogP contribution in [-0.2, 0) is 10.0 Å². The highest BCUT2D eigenvalue weighted by molar-refractivity contribution is 7.89. The minimum Gasteiger partial charge on any atom is -0.371 e. The average molecular weight is 424 g/mol. The highest BCUT2D eigenvalue weighted by atomic mass is 32.2. The van der Waals surface area contributed by atoms with Crippen LogP contribution < -0.4 is 14.9 Å².